The Morgan fingerprint density at radius 2 is 2.08 bits per heavy atom. The number of nitriles is 1. The zero-order valence-electron chi connectivity index (χ0n) is 12.8. The predicted octanol–water partition coefficient (Wildman–Crippen LogP) is 5.04. The number of anilines is 1. The largest absolute Gasteiger partial charge is 0.322 e. The first-order chi connectivity index (χ1) is 11.6. The van der Waals surface area contributed by atoms with Gasteiger partial charge in [0.2, 0.25) is 0 Å². The van der Waals surface area contributed by atoms with Gasteiger partial charge in [0.1, 0.15) is 0 Å². The lowest BCUT2D eigenvalue weighted by Gasteiger charge is -2.36. The van der Waals surface area contributed by atoms with Crippen LogP contribution in [0.3, 0.4) is 0 Å². The van der Waals surface area contributed by atoms with Crippen molar-refractivity contribution in [3.8, 4) is 6.07 Å². The fourth-order valence-corrected chi connectivity index (χ4v) is 3.43. The first kappa shape index (κ1) is 16.6. The fourth-order valence-electron chi connectivity index (χ4n) is 2.98. The normalized spacial score (nSPS) is 16.2. The third-order valence-electron chi connectivity index (χ3n) is 4.13. The van der Waals surface area contributed by atoms with Gasteiger partial charge in [0.25, 0.3) is 0 Å². The molecule has 0 spiro atoms. The van der Waals surface area contributed by atoms with Crippen molar-refractivity contribution in [3.05, 3.63) is 63.6 Å². The molecule has 1 unspecified atom stereocenters. The summed E-state index contributed by atoms with van der Waals surface area (Å²) in [6.07, 6.45) is 1.01. The highest BCUT2D eigenvalue weighted by atomic mass is 35.5. The van der Waals surface area contributed by atoms with Crippen LogP contribution in [0.4, 0.5) is 10.5 Å². The molecule has 2 amide bonds. The van der Waals surface area contributed by atoms with Gasteiger partial charge in [-0.25, -0.2) is 4.79 Å². The average Bonchev–Trinajstić information content (AvgIpc) is 2.58. The van der Waals surface area contributed by atoms with Gasteiger partial charge < -0.3 is 10.2 Å². The lowest BCUT2D eigenvalue weighted by Crippen LogP contribution is -2.42. The molecule has 0 aliphatic carbocycles. The summed E-state index contributed by atoms with van der Waals surface area (Å²) >= 11 is 12.0. The zero-order chi connectivity index (χ0) is 17.1. The van der Waals surface area contributed by atoms with Gasteiger partial charge in [-0.3, -0.25) is 0 Å². The average molecular weight is 360 g/mol. The van der Waals surface area contributed by atoms with E-state index in [-0.39, 0.29) is 18.5 Å². The van der Waals surface area contributed by atoms with Crippen LogP contribution in [0.5, 0.6) is 0 Å². The number of hydrogen-bond acceptors (Lipinski definition) is 2. The number of hydrogen-bond donors (Lipinski definition) is 1. The molecular weight excluding hydrogens is 345 g/mol. The molecule has 0 aromatic heterocycles. The quantitative estimate of drug-likeness (QED) is 0.816. The molecule has 24 heavy (non-hydrogen) atoms. The second kappa shape index (κ2) is 7.12. The van der Waals surface area contributed by atoms with E-state index in [4.69, 9.17) is 28.5 Å². The summed E-state index contributed by atoms with van der Waals surface area (Å²) in [7, 11) is 0. The molecule has 0 bridgehead atoms. The highest BCUT2D eigenvalue weighted by Crippen LogP contribution is 2.33. The topological polar surface area (TPSA) is 56.1 Å². The number of nitrogens with zero attached hydrogens (tertiary/aromatic N) is 2. The molecule has 2 aromatic rings. The minimum absolute atomic E-state index is 0.249. The van der Waals surface area contributed by atoms with Crippen LogP contribution in [0.25, 0.3) is 0 Å². The molecule has 1 N–H and O–H groups in total. The van der Waals surface area contributed by atoms with Gasteiger partial charge in [-0.2, -0.15) is 5.26 Å². The highest BCUT2D eigenvalue weighted by molar-refractivity contribution is 6.36. The van der Waals surface area contributed by atoms with Crippen molar-refractivity contribution in [2.75, 3.05) is 11.9 Å². The minimum atomic E-state index is -0.269. The lowest BCUT2D eigenvalue weighted by molar-refractivity contribution is 0.183. The van der Waals surface area contributed by atoms with Crippen LogP contribution in [0.15, 0.2) is 42.5 Å². The first-order valence-corrected chi connectivity index (χ1v) is 8.33. The van der Waals surface area contributed by atoms with E-state index in [1.165, 1.54) is 5.56 Å². The minimum Gasteiger partial charge on any atom is -0.316 e. The van der Waals surface area contributed by atoms with Crippen molar-refractivity contribution in [1.82, 2.24) is 4.90 Å². The van der Waals surface area contributed by atoms with Crippen LogP contribution < -0.4 is 5.32 Å². The van der Waals surface area contributed by atoms with E-state index in [9.17, 15) is 4.79 Å². The number of rotatable bonds is 2. The molecule has 0 saturated carbocycles. The highest BCUT2D eigenvalue weighted by Gasteiger charge is 2.30. The van der Waals surface area contributed by atoms with Gasteiger partial charge in [-0.15, -0.1) is 0 Å². The number of fused-ring (bicyclic) bond motifs is 1. The molecule has 0 fully saturated rings. The zero-order valence-corrected chi connectivity index (χ0v) is 14.3. The van der Waals surface area contributed by atoms with E-state index in [2.05, 4.69) is 11.4 Å². The fraction of sp³-hybridized carbons (Fsp3) is 0.222. The number of benzene rings is 2. The van der Waals surface area contributed by atoms with E-state index in [0.29, 0.717) is 22.3 Å². The van der Waals surface area contributed by atoms with Crippen molar-refractivity contribution in [2.24, 2.45) is 0 Å². The molecule has 4 nitrogen and oxygen atoms in total. The van der Waals surface area contributed by atoms with Crippen molar-refractivity contribution in [3.63, 3.8) is 0 Å². The Morgan fingerprint density at radius 1 is 1.29 bits per heavy atom. The van der Waals surface area contributed by atoms with Gasteiger partial charge >= 0.3 is 6.03 Å². The van der Waals surface area contributed by atoms with Crippen molar-refractivity contribution in [2.45, 2.75) is 18.9 Å². The lowest BCUT2D eigenvalue weighted by atomic mass is 9.91. The van der Waals surface area contributed by atoms with E-state index in [0.717, 1.165) is 12.0 Å². The number of urea groups is 1. The maximum absolute atomic E-state index is 12.7. The second-order valence-corrected chi connectivity index (χ2v) is 6.42. The molecule has 2 aromatic carbocycles. The first-order valence-electron chi connectivity index (χ1n) is 7.57. The summed E-state index contributed by atoms with van der Waals surface area (Å²) in [5, 5.41) is 12.9. The molecule has 1 atom stereocenters. The van der Waals surface area contributed by atoms with Crippen molar-refractivity contribution >= 4 is 34.9 Å². The second-order valence-electron chi connectivity index (χ2n) is 5.57. The SMILES string of the molecule is N#CCC1c2ccccc2CCN1C(=O)Nc1ccc(Cl)cc1Cl. The summed E-state index contributed by atoms with van der Waals surface area (Å²) in [5.41, 5.74) is 2.72. The van der Waals surface area contributed by atoms with Crippen LogP contribution in [0.2, 0.25) is 10.0 Å². The van der Waals surface area contributed by atoms with E-state index in [1.807, 2.05) is 24.3 Å². The molecular formula is C18H15Cl2N3O. The summed E-state index contributed by atoms with van der Waals surface area (Å²) in [6, 6.07) is 14.5. The van der Waals surface area contributed by atoms with Gasteiger partial charge in [-0.1, -0.05) is 47.5 Å². The Hall–Kier alpha value is -2.22. The summed E-state index contributed by atoms with van der Waals surface area (Å²) in [4.78, 5) is 14.4. The van der Waals surface area contributed by atoms with Crippen LogP contribution >= 0.6 is 23.2 Å². The summed E-state index contributed by atoms with van der Waals surface area (Å²) in [6.45, 7) is 0.556. The Kier molecular flexibility index (Phi) is 4.94. The Bertz CT molecular complexity index is 816. The number of carbonyl (C=O) groups is 1. The number of nitrogens with one attached hydrogen (secondary N) is 1. The Morgan fingerprint density at radius 3 is 2.83 bits per heavy atom. The molecule has 6 heteroatoms. The molecule has 0 saturated heterocycles. The Labute approximate surface area is 150 Å². The number of halogens is 2. The van der Waals surface area contributed by atoms with Crippen LogP contribution in [0, 0.1) is 11.3 Å². The van der Waals surface area contributed by atoms with Crippen LogP contribution in [-0.2, 0) is 6.42 Å². The van der Waals surface area contributed by atoms with Gasteiger partial charge in [0.05, 0.1) is 29.2 Å². The van der Waals surface area contributed by atoms with Gasteiger partial charge in [0.15, 0.2) is 0 Å². The van der Waals surface area contributed by atoms with Gasteiger partial charge in [-0.05, 0) is 35.7 Å². The van der Waals surface area contributed by atoms with Crippen LogP contribution in [0.1, 0.15) is 23.6 Å². The maximum Gasteiger partial charge on any atom is 0.322 e. The molecule has 122 valence electrons. The number of amides is 2. The Balaban J connectivity index is 1.85. The summed E-state index contributed by atoms with van der Waals surface area (Å²) < 4.78 is 0. The molecule has 1 aliphatic rings. The monoisotopic (exact) mass is 359 g/mol. The number of carbonyl (C=O) groups excluding carboxylic acids is 1. The molecule has 0 radical (unpaired) electrons. The molecule has 1 aliphatic heterocycles. The molecule has 1 heterocycles. The van der Waals surface area contributed by atoms with Gasteiger partial charge in [0, 0.05) is 11.6 Å². The van der Waals surface area contributed by atoms with Crippen molar-refractivity contribution in [1.29, 1.82) is 5.26 Å². The van der Waals surface area contributed by atoms with E-state index < -0.39 is 0 Å². The smallest absolute Gasteiger partial charge is 0.316 e. The van der Waals surface area contributed by atoms with Crippen molar-refractivity contribution < 1.29 is 4.79 Å². The standard InChI is InChI=1S/C18H15Cl2N3O/c19-13-5-6-16(15(20)11-13)22-18(24)23-10-8-12-3-1-2-4-14(12)17(23)7-9-21/h1-6,11,17H,7-8,10H2,(H,22,24). The third-order valence-corrected chi connectivity index (χ3v) is 4.68. The molecule has 3 rings (SSSR count). The van der Waals surface area contributed by atoms with Crippen LogP contribution in [-0.4, -0.2) is 17.5 Å². The van der Waals surface area contributed by atoms with E-state index >= 15 is 0 Å². The summed E-state index contributed by atoms with van der Waals surface area (Å²) in [5.74, 6) is 0. The van der Waals surface area contributed by atoms with E-state index in [1.54, 1.807) is 23.1 Å². The third kappa shape index (κ3) is 3.33. The maximum atomic E-state index is 12.7. The predicted molar refractivity (Wildman–Crippen MR) is 95.3 cm³/mol.